The number of para-hydroxylation sites is 1. The molecule has 7 nitrogen and oxygen atoms in total. The van der Waals surface area contributed by atoms with Gasteiger partial charge in [0.1, 0.15) is 11.2 Å². The average Bonchev–Trinajstić information content (AvgIpc) is 3.04. The monoisotopic (exact) mass is 478 g/mol. The van der Waals surface area contributed by atoms with Crippen LogP contribution in [-0.2, 0) is 20.5 Å². The van der Waals surface area contributed by atoms with Crippen LogP contribution in [0.2, 0.25) is 0 Å². The van der Waals surface area contributed by atoms with Crippen molar-refractivity contribution >= 4 is 30.8 Å². The van der Waals surface area contributed by atoms with Gasteiger partial charge in [-0.05, 0) is 75.8 Å². The van der Waals surface area contributed by atoms with E-state index in [-0.39, 0.29) is 29.3 Å². The molecule has 1 aliphatic heterocycles. The molecule has 2 bridgehead atoms. The molecule has 4 fully saturated rings. The van der Waals surface area contributed by atoms with E-state index in [1.807, 2.05) is 0 Å². The van der Waals surface area contributed by atoms with Crippen LogP contribution < -0.4 is 4.74 Å². The number of carbonyl (C=O) groups is 2. The van der Waals surface area contributed by atoms with Crippen molar-refractivity contribution in [3.05, 3.63) is 29.3 Å². The summed E-state index contributed by atoms with van der Waals surface area (Å²) in [6, 6.07) is 4.66. The van der Waals surface area contributed by atoms with Crippen LogP contribution in [0.1, 0.15) is 70.3 Å². The summed E-state index contributed by atoms with van der Waals surface area (Å²) in [6.45, 7) is 11.8. The van der Waals surface area contributed by atoms with Gasteiger partial charge in [-0.1, -0.05) is 26.0 Å². The second-order valence-corrected chi connectivity index (χ2v) is 11.8. The van der Waals surface area contributed by atoms with E-state index < -0.39 is 35.7 Å². The van der Waals surface area contributed by atoms with Crippen LogP contribution in [0.5, 0.6) is 5.75 Å². The first-order valence-electron chi connectivity index (χ1n) is 11.5. The third-order valence-electron chi connectivity index (χ3n) is 7.58. The van der Waals surface area contributed by atoms with Gasteiger partial charge < -0.3 is 23.9 Å². The maximum absolute atomic E-state index is 12.3. The van der Waals surface area contributed by atoms with Gasteiger partial charge in [-0.15, -0.1) is 11.6 Å². The summed E-state index contributed by atoms with van der Waals surface area (Å²) in [5, 5.41) is 9.02. The second kappa shape index (κ2) is 8.17. The van der Waals surface area contributed by atoms with Crippen molar-refractivity contribution in [2.45, 2.75) is 83.4 Å². The minimum atomic E-state index is -1.21. The van der Waals surface area contributed by atoms with E-state index in [4.69, 9.17) is 30.4 Å². The molecule has 5 atom stereocenters. The number of aromatic carboxylic acids is 1. The van der Waals surface area contributed by atoms with E-state index >= 15 is 0 Å². The number of alkyl halides is 1. The molecule has 5 rings (SSSR count). The fraction of sp³-hybridized carbons (Fsp3) is 0.667. The number of carboxylic acids is 1. The predicted molar refractivity (Wildman–Crippen MR) is 124 cm³/mol. The summed E-state index contributed by atoms with van der Waals surface area (Å²) in [5.74, 6) is -0.257. The van der Waals surface area contributed by atoms with Gasteiger partial charge in [0.05, 0.1) is 17.0 Å². The molecule has 3 aliphatic carbocycles. The number of hydrogen-bond donors (Lipinski definition) is 1. The average molecular weight is 479 g/mol. The smallest absolute Gasteiger partial charge is 0.478 e. The van der Waals surface area contributed by atoms with E-state index in [0.717, 1.165) is 12.8 Å². The normalized spacial score (nSPS) is 30.8. The van der Waals surface area contributed by atoms with Crippen LogP contribution in [0.15, 0.2) is 18.2 Å². The molecule has 3 saturated carbocycles. The van der Waals surface area contributed by atoms with Crippen LogP contribution in [0.4, 0.5) is 4.79 Å². The second-order valence-electron chi connectivity index (χ2n) is 11.2. The quantitative estimate of drug-likeness (QED) is 0.272. The maximum Gasteiger partial charge on any atom is 0.514 e. The number of carboxylic acid groups (broad SMARTS) is 1. The molecule has 33 heavy (non-hydrogen) atoms. The first kappa shape index (κ1) is 24.4. The van der Waals surface area contributed by atoms with Crippen molar-refractivity contribution in [1.82, 2.24) is 0 Å². The van der Waals surface area contributed by atoms with Crippen molar-refractivity contribution in [2.24, 2.45) is 17.3 Å². The summed E-state index contributed by atoms with van der Waals surface area (Å²) in [5.41, 5.74) is -0.628. The van der Waals surface area contributed by atoms with E-state index in [1.165, 1.54) is 6.07 Å². The number of benzene rings is 1. The van der Waals surface area contributed by atoms with Gasteiger partial charge in [0.25, 0.3) is 0 Å². The predicted octanol–water partition coefficient (Wildman–Crippen LogP) is 5.12. The molecule has 0 amide bonds. The van der Waals surface area contributed by atoms with Crippen LogP contribution in [-0.4, -0.2) is 46.9 Å². The Hall–Kier alpha value is -1.77. The minimum Gasteiger partial charge on any atom is -0.478 e. The Morgan fingerprint density at radius 3 is 2.58 bits per heavy atom. The highest BCUT2D eigenvalue weighted by Gasteiger charge is 2.68. The van der Waals surface area contributed by atoms with Gasteiger partial charge in [0.15, 0.2) is 5.75 Å². The Kier molecular flexibility index (Phi) is 6.03. The highest BCUT2D eigenvalue weighted by molar-refractivity contribution is 6.60. The molecule has 1 unspecified atom stereocenters. The SMILES string of the molecule is CC(C)(C)OC(=O)Oc1c(CC(Cl)B2O[C@@H]3C[C@@H]4C[C@@H](C4(C)C)[C@]3(C)O2)cccc1C(=O)O. The number of halogens is 1. The van der Waals surface area contributed by atoms with Crippen LogP contribution >= 0.6 is 11.6 Å². The van der Waals surface area contributed by atoms with Crippen LogP contribution in [0.3, 0.4) is 0 Å². The van der Waals surface area contributed by atoms with Crippen LogP contribution in [0, 0.1) is 17.3 Å². The molecule has 0 aromatic heterocycles. The molecule has 1 aromatic carbocycles. The lowest BCUT2D eigenvalue weighted by atomic mass is 9.43. The van der Waals surface area contributed by atoms with Crippen molar-refractivity contribution in [2.75, 3.05) is 0 Å². The molecule has 1 aromatic rings. The molecular formula is C24H32BClO7. The summed E-state index contributed by atoms with van der Waals surface area (Å²) in [4.78, 5) is 24.1. The van der Waals surface area contributed by atoms with E-state index in [1.54, 1.807) is 32.9 Å². The largest absolute Gasteiger partial charge is 0.514 e. The van der Waals surface area contributed by atoms with Crippen molar-refractivity contribution < 1.29 is 33.5 Å². The van der Waals surface area contributed by atoms with Gasteiger partial charge >= 0.3 is 19.2 Å². The summed E-state index contributed by atoms with van der Waals surface area (Å²) < 4.78 is 23.3. The van der Waals surface area contributed by atoms with Gasteiger partial charge in [0.2, 0.25) is 0 Å². The Bertz CT molecular complexity index is 959. The van der Waals surface area contributed by atoms with E-state index in [2.05, 4.69) is 20.8 Å². The third kappa shape index (κ3) is 4.37. The van der Waals surface area contributed by atoms with Crippen molar-refractivity contribution in [1.29, 1.82) is 0 Å². The lowest BCUT2D eigenvalue weighted by Crippen LogP contribution is -2.65. The topological polar surface area (TPSA) is 91.3 Å². The fourth-order valence-corrected chi connectivity index (χ4v) is 6.03. The Morgan fingerprint density at radius 1 is 1.27 bits per heavy atom. The Morgan fingerprint density at radius 2 is 1.97 bits per heavy atom. The zero-order valence-electron chi connectivity index (χ0n) is 20.0. The zero-order valence-corrected chi connectivity index (χ0v) is 20.8. The summed E-state index contributed by atoms with van der Waals surface area (Å²) in [6.07, 6.45) is 1.30. The maximum atomic E-state index is 12.3. The molecule has 0 spiro atoms. The number of carbonyl (C=O) groups excluding carboxylic acids is 1. The van der Waals surface area contributed by atoms with Gasteiger partial charge in [-0.3, -0.25) is 0 Å². The Labute approximate surface area is 200 Å². The fourth-order valence-electron chi connectivity index (χ4n) is 5.75. The van der Waals surface area contributed by atoms with Gasteiger partial charge in [-0.2, -0.15) is 0 Å². The third-order valence-corrected chi connectivity index (χ3v) is 7.94. The molecule has 0 radical (unpaired) electrons. The van der Waals surface area contributed by atoms with Crippen molar-refractivity contribution in [3.8, 4) is 5.75 Å². The molecule has 4 aliphatic rings. The first-order valence-corrected chi connectivity index (χ1v) is 11.9. The highest BCUT2D eigenvalue weighted by Crippen LogP contribution is 2.65. The lowest BCUT2D eigenvalue weighted by molar-refractivity contribution is -0.199. The molecule has 1 heterocycles. The van der Waals surface area contributed by atoms with Crippen LogP contribution in [0.25, 0.3) is 0 Å². The molecule has 1 saturated heterocycles. The summed E-state index contributed by atoms with van der Waals surface area (Å²) in [7, 11) is -0.639. The number of hydrogen-bond acceptors (Lipinski definition) is 6. The standard InChI is InChI=1S/C24H32BClO7/c1-22(2,3)31-21(29)30-19-13(8-7-9-15(19)20(27)28)10-18(26)25-32-17-12-14-11-16(23(14,4)5)24(17,6)33-25/h7-9,14,16-18H,10-12H2,1-6H3,(H,27,28)/t14-,16-,17+,18?,24-/m0/s1. The van der Waals surface area contributed by atoms with E-state index in [0.29, 0.717) is 17.4 Å². The zero-order chi connectivity index (χ0) is 24.3. The molecular weight excluding hydrogens is 447 g/mol. The molecule has 1 N–H and O–H groups in total. The Balaban J connectivity index is 1.53. The van der Waals surface area contributed by atoms with E-state index in [9.17, 15) is 14.7 Å². The first-order chi connectivity index (χ1) is 15.2. The summed E-state index contributed by atoms with van der Waals surface area (Å²) >= 11 is 6.76. The van der Waals surface area contributed by atoms with Crippen molar-refractivity contribution in [3.63, 3.8) is 0 Å². The minimum absolute atomic E-state index is 0.0108. The van der Waals surface area contributed by atoms with Gasteiger partial charge in [-0.25, -0.2) is 9.59 Å². The molecule has 180 valence electrons. The number of rotatable bonds is 5. The van der Waals surface area contributed by atoms with Gasteiger partial charge in [0, 0.05) is 0 Å². The number of ether oxygens (including phenoxy) is 2. The lowest BCUT2D eigenvalue weighted by Gasteiger charge is -2.64. The molecule has 9 heteroatoms. The highest BCUT2D eigenvalue weighted by atomic mass is 35.5.